The number of nitrogens with one attached hydrogen (secondary N) is 1. The number of thiophene rings is 1. The minimum atomic E-state index is -3.77. The van der Waals surface area contributed by atoms with Crippen LogP contribution in [0.4, 0.5) is 4.39 Å². The Balaban J connectivity index is 2.12. The molecule has 0 radical (unpaired) electrons. The third-order valence-electron chi connectivity index (χ3n) is 4.75. The van der Waals surface area contributed by atoms with Gasteiger partial charge in [-0.15, -0.1) is 11.3 Å². The molecule has 2 aromatic rings. The molecule has 1 unspecified atom stereocenters. The van der Waals surface area contributed by atoms with Gasteiger partial charge in [-0.3, -0.25) is 4.79 Å². The smallest absolute Gasteiger partial charge is 0.305 e. The Bertz CT molecular complexity index is 907. The van der Waals surface area contributed by atoms with Gasteiger partial charge in [0.15, 0.2) is 0 Å². The van der Waals surface area contributed by atoms with Crippen LogP contribution in [0.5, 0.6) is 0 Å². The monoisotopic (exact) mass is 455 g/mol. The van der Waals surface area contributed by atoms with Crippen LogP contribution >= 0.6 is 11.3 Å². The van der Waals surface area contributed by atoms with Crippen LogP contribution in [-0.4, -0.2) is 21.5 Å². The molecule has 0 bridgehead atoms. The molecule has 8 heteroatoms. The first-order chi connectivity index (χ1) is 14.2. The van der Waals surface area contributed by atoms with E-state index in [0.29, 0.717) is 25.2 Å². The number of hydrogen-bond acceptors (Lipinski definition) is 5. The summed E-state index contributed by atoms with van der Waals surface area (Å²) in [4.78, 5) is 13.4. The van der Waals surface area contributed by atoms with Gasteiger partial charge in [-0.25, -0.2) is 17.5 Å². The molecule has 0 spiro atoms. The summed E-state index contributed by atoms with van der Waals surface area (Å²) in [5.74, 6) is -0.167. The third kappa shape index (κ3) is 7.81. The largest absolute Gasteiger partial charge is 0.469 e. The van der Waals surface area contributed by atoms with Crippen LogP contribution in [-0.2, 0) is 26.0 Å². The van der Waals surface area contributed by atoms with E-state index >= 15 is 0 Å². The number of esters is 1. The zero-order chi connectivity index (χ0) is 22.1. The number of halogens is 1. The molecule has 1 aromatic carbocycles. The van der Waals surface area contributed by atoms with Crippen molar-refractivity contribution in [2.45, 2.75) is 63.3 Å². The van der Waals surface area contributed by atoms with Crippen molar-refractivity contribution >= 4 is 27.3 Å². The molecule has 1 N–H and O–H groups in total. The van der Waals surface area contributed by atoms with Crippen LogP contribution in [0, 0.1) is 11.7 Å². The van der Waals surface area contributed by atoms with E-state index in [1.165, 1.54) is 19.2 Å². The summed E-state index contributed by atoms with van der Waals surface area (Å²) in [7, 11) is -2.39. The molecule has 0 aliphatic rings. The normalized spacial score (nSPS) is 12.8. The second-order valence-electron chi connectivity index (χ2n) is 7.69. The quantitative estimate of drug-likeness (QED) is 0.445. The van der Waals surface area contributed by atoms with Crippen LogP contribution in [0.1, 0.15) is 61.7 Å². The molecule has 1 heterocycles. The first kappa shape index (κ1) is 24.5. The zero-order valence-electron chi connectivity index (χ0n) is 17.7. The molecule has 0 fully saturated rings. The molecule has 0 saturated heterocycles. The van der Waals surface area contributed by atoms with E-state index < -0.39 is 15.8 Å². The topological polar surface area (TPSA) is 72.5 Å². The summed E-state index contributed by atoms with van der Waals surface area (Å²) >= 11 is 1.56. The predicted octanol–water partition coefficient (Wildman–Crippen LogP) is 5.23. The van der Waals surface area contributed by atoms with Gasteiger partial charge in [0, 0.05) is 16.2 Å². The van der Waals surface area contributed by atoms with Crippen molar-refractivity contribution < 1.29 is 22.3 Å². The second-order valence-corrected chi connectivity index (χ2v) is 10.6. The molecular formula is C22H30FNO4S2. The summed E-state index contributed by atoms with van der Waals surface area (Å²) in [5.41, 5.74) is 0. The number of aryl methyl sites for hydroxylation is 1. The second kappa shape index (κ2) is 11.6. The maximum Gasteiger partial charge on any atom is 0.305 e. The molecule has 166 valence electrons. The molecular weight excluding hydrogens is 425 g/mol. The Kier molecular flexibility index (Phi) is 9.45. The highest BCUT2D eigenvalue weighted by Gasteiger charge is 2.23. The Morgan fingerprint density at radius 1 is 1.10 bits per heavy atom. The van der Waals surface area contributed by atoms with Gasteiger partial charge in [0.25, 0.3) is 0 Å². The van der Waals surface area contributed by atoms with Gasteiger partial charge in [-0.05, 0) is 61.6 Å². The van der Waals surface area contributed by atoms with E-state index in [2.05, 4.69) is 23.3 Å². The minimum Gasteiger partial charge on any atom is -0.469 e. The van der Waals surface area contributed by atoms with E-state index in [0.717, 1.165) is 41.1 Å². The van der Waals surface area contributed by atoms with Gasteiger partial charge in [0.05, 0.1) is 18.0 Å². The Morgan fingerprint density at radius 2 is 1.80 bits per heavy atom. The highest BCUT2D eigenvalue weighted by molar-refractivity contribution is 7.89. The average Bonchev–Trinajstić information content (AvgIpc) is 3.16. The number of carbonyl (C=O) groups excluding carboxylic acids is 1. The van der Waals surface area contributed by atoms with Crippen LogP contribution in [0.3, 0.4) is 0 Å². The van der Waals surface area contributed by atoms with Crippen LogP contribution in [0.2, 0.25) is 0 Å². The van der Waals surface area contributed by atoms with Gasteiger partial charge in [0.2, 0.25) is 10.0 Å². The predicted molar refractivity (Wildman–Crippen MR) is 117 cm³/mol. The summed E-state index contributed by atoms with van der Waals surface area (Å²) < 4.78 is 46.3. The lowest BCUT2D eigenvalue weighted by molar-refractivity contribution is -0.140. The standard InChI is InChI=1S/C22H30FNO4S2/c1-16(2)6-4-8-20(24-30(26,27)19-13-10-17(23)11-14-19)21-15-12-18(29-21)7-5-9-22(25)28-3/h10-16,20,24H,4-9H2,1-3H3. The highest BCUT2D eigenvalue weighted by atomic mass is 32.2. The van der Waals surface area contributed by atoms with Crippen molar-refractivity contribution in [2.75, 3.05) is 7.11 Å². The Hall–Kier alpha value is -1.77. The van der Waals surface area contributed by atoms with Gasteiger partial charge >= 0.3 is 5.97 Å². The Morgan fingerprint density at radius 3 is 2.43 bits per heavy atom. The first-order valence-corrected chi connectivity index (χ1v) is 12.4. The Labute approximate surface area is 182 Å². The number of ether oxygens (including phenoxy) is 1. The van der Waals surface area contributed by atoms with E-state index in [1.54, 1.807) is 11.3 Å². The highest BCUT2D eigenvalue weighted by Crippen LogP contribution is 2.30. The van der Waals surface area contributed by atoms with Crippen molar-refractivity contribution in [3.05, 3.63) is 52.0 Å². The summed E-state index contributed by atoms with van der Waals surface area (Å²) in [6, 6.07) is 8.42. The number of benzene rings is 1. The van der Waals surface area contributed by atoms with Crippen LogP contribution in [0.15, 0.2) is 41.3 Å². The molecule has 0 saturated carbocycles. The lowest BCUT2D eigenvalue weighted by Gasteiger charge is -2.18. The van der Waals surface area contributed by atoms with Gasteiger partial charge in [-0.1, -0.05) is 26.7 Å². The molecule has 0 aliphatic heterocycles. The van der Waals surface area contributed by atoms with Crippen molar-refractivity contribution in [3.63, 3.8) is 0 Å². The third-order valence-corrected chi connectivity index (χ3v) is 7.50. The van der Waals surface area contributed by atoms with Gasteiger partial charge in [-0.2, -0.15) is 0 Å². The van der Waals surface area contributed by atoms with E-state index in [-0.39, 0.29) is 16.9 Å². The molecule has 0 aliphatic carbocycles. The average molecular weight is 456 g/mol. The molecule has 5 nitrogen and oxygen atoms in total. The number of rotatable bonds is 12. The molecule has 1 aromatic heterocycles. The first-order valence-electron chi connectivity index (χ1n) is 10.1. The molecule has 30 heavy (non-hydrogen) atoms. The van der Waals surface area contributed by atoms with Gasteiger partial charge in [0.1, 0.15) is 5.82 Å². The fraction of sp³-hybridized carbons (Fsp3) is 0.500. The summed E-state index contributed by atoms with van der Waals surface area (Å²) in [6.45, 7) is 4.28. The van der Waals surface area contributed by atoms with E-state index in [4.69, 9.17) is 0 Å². The van der Waals surface area contributed by atoms with Crippen molar-refractivity contribution in [1.82, 2.24) is 4.72 Å². The zero-order valence-corrected chi connectivity index (χ0v) is 19.3. The van der Waals surface area contributed by atoms with Crippen LogP contribution in [0.25, 0.3) is 0 Å². The summed E-state index contributed by atoms with van der Waals surface area (Å²) in [5, 5.41) is 0. The fourth-order valence-corrected chi connectivity index (χ4v) is 5.55. The molecule has 0 amide bonds. The SMILES string of the molecule is COC(=O)CCCc1ccc(C(CCCC(C)C)NS(=O)(=O)c2ccc(F)cc2)s1. The van der Waals surface area contributed by atoms with Gasteiger partial charge < -0.3 is 4.74 Å². The maximum atomic E-state index is 13.2. The lowest BCUT2D eigenvalue weighted by atomic mass is 10.0. The van der Waals surface area contributed by atoms with Crippen LogP contribution < -0.4 is 4.72 Å². The maximum absolute atomic E-state index is 13.2. The fourth-order valence-electron chi connectivity index (χ4n) is 3.08. The van der Waals surface area contributed by atoms with Crippen molar-refractivity contribution in [3.8, 4) is 0 Å². The number of methoxy groups -OCH3 is 1. The van der Waals surface area contributed by atoms with Crippen molar-refractivity contribution in [1.29, 1.82) is 0 Å². The summed E-state index contributed by atoms with van der Waals surface area (Å²) in [6.07, 6.45) is 4.37. The van der Waals surface area contributed by atoms with Crippen molar-refractivity contribution in [2.24, 2.45) is 5.92 Å². The number of hydrogen-bond donors (Lipinski definition) is 1. The minimum absolute atomic E-state index is 0.0487. The van der Waals surface area contributed by atoms with E-state index in [1.807, 2.05) is 12.1 Å². The van der Waals surface area contributed by atoms with E-state index in [9.17, 15) is 17.6 Å². The molecule has 1 atom stereocenters. The number of carbonyl (C=O) groups is 1. The number of sulfonamides is 1. The molecule has 2 rings (SSSR count). The lowest BCUT2D eigenvalue weighted by Crippen LogP contribution is -2.28.